The molecule has 1 amide bonds. The normalized spacial score (nSPS) is 11.8. The lowest BCUT2D eigenvalue weighted by Gasteiger charge is -2.11. The van der Waals surface area contributed by atoms with Gasteiger partial charge in [0.15, 0.2) is 11.5 Å². The molecule has 4 heterocycles. The van der Waals surface area contributed by atoms with E-state index in [1.54, 1.807) is 24.3 Å². The molecule has 0 radical (unpaired) electrons. The highest BCUT2D eigenvalue weighted by Gasteiger charge is 2.31. The van der Waals surface area contributed by atoms with Gasteiger partial charge < -0.3 is 14.5 Å². The van der Waals surface area contributed by atoms with Crippen LogP contribution in [0.3, 0.4) is 0 Å². The molecule has 0 aliphatic carbocycles. The van der Waals surface area contributed by atoms with Gasteiger partial charge in [0.2, 0.25) is 0 Å². The predicted octanol–water partition coefficient (Wildman–Crippen LogP) is 4.21. The zero-order valence-electron chi connectivity index (χ0n) is 18.5. The molecule has 8 nitrogen and oxygen atoms in total. The molecule has 11 heteroatoms. The number of hydrogen-bond donors (Lipinski definition) is 1. The molecule has 0 spiro atoms. The number of pyridine rings is 2. The predicted molar refractivity (Wildman–Crippen MR) is 120 cm³/mol. The maximum absolute atomic E-state index is 13.1. The number of para-hydroxylation sites is 1. The fraction of sp³-hybridized carbons (Fsp3) is 0.167. The summed E-state index contributed by atoms with van der Waals surface area (Å²) in [7, 11) is 0. The maximum atomic E-state index is 13.1. The van der Waals surface area contributed by atoms with Crippen molar-refractivity contribution in [1.82, 2.24) is 29.3 Å². The third kappa shape index (κ3) is 4.52. The molecule has 0 fully saturated rings. The number of fused-ring (bicyclic) bond motifs is 2. The Labute approximate surface area is 197 Å². The number of nitrogens with one attached hydrogen (secondary N) is 1. The molecule has 1 N–H and O–H groups in total. The molecule has 0 atom stereocenters. The Balaban J connectivity index is 1.30. The average molecular weight is 480 g/mol. The number of alkyl halides is 3. The summed E-state index contributed by atoms with van der Waals surface area (Å²) in [5, 5.41) is 10.4. The number of aromatic nitrogens is 5. The van der Waals surface area contributed by atoms with E-state index >= 15 is 0 Å². The van der Waals surface area contributed by atoms with E-state index < -0.39 is 17.6 Å². The summed E-state index contributed by atoms with van der Waals surface area (Å²) in [6.45, 7) is 2.00. The highest BCUT2D eigenvalue weighted by Crippen LogP contribution is 2.29. The van der Waals surface area contributed by atoms with Crippen molar-refractivity contribution in [3.8, 4) is 5.75 Å². The van der Waals surface area contributed by atoms with E-state index in [2.05, 4.69) is 20.5 Å². The Bertz CT molecular complexity index is 1540. The van der Waals surface area contributed by atoms with Gasteiger partial charge in [-0.1, -0.05) is 18.2 Å². The van der Waals surface area contributed by atoms with Crippen LogP contribution in [-0.4, -0.2) is 29.9 Å². The molecule has 0 aliphatic rings. The van der Waals surface area contributed by atoms with Crippen molar-refractivity contribution >= 4 is 17.2 Å². The van der Waals surface area contributed by atoms with Gasteiger partial charge >= 0.3 is 6.18 Å². The first-order valence-electron chi connectivity index (χ1n) is 10.6. The molecule has 0 unspecified atom stereocenters. The number of rotatable bonds is 6. The van der Waals surface area contributed by atoms with E-state index in [9.17, 15) is 18.0 Å². The van der Waals surface area contributed by atoms with Gasteiger partial charge in [-0.25, -0.2) is 4.98 Å². The smallest absolute Gasteiger partial charge is 0.417 e. The van der Waals surface area contributed by atoms with E-state index in [0.717, 1.165) is 23.5 Å². The Morgan fingerprint density at radius 1 is 1.06 bits per heavy atom. The molecule has 5 rings (SSSR count). The number of imidazole rings is 1. The summed E-state index contributed by atoms with van der Waals surface area (Å²) in [6, 6.07) is 12.8. The van der Waals surface area contributed by atoms with Crippen LogP contribution >= 0.6 is 0 Å². The fourth-order valence-electron chi connectivity index (χ4n) is 3.69. The Kier molecular flexibility index (Phi) is 5.59. The highest BCUT2D eigenvalue weighted by atomic mass is 19.4. The van der Waals surface area contributed by atoms with Crippen molar-refractivity contribution in [1.29, 1.82) is 0 Å². The summed E-state index contributed by atoms with van der Waals surface area (Å²) in [4.78, 5) is 17.4. The number of carbonyl (C=O) groups excluding carboxylic acids is 1. The minimum absolute atomic E-state index is 0.124. The molecule has 35 heavy (non-hydrogen) atoms. The van der Waals surface area contributed by atoms with E-state index in [1.807, 2.05) is 35.9 Å². The van der Waals surface area contributed by atoms with Crippen LogP contribution in [0.4, 0.5) is 13.2 Å². The molecule has 1 aromatic carbocycles. The molecule has 178 valence electrons. The van der Waals surface area contributed by atoms with Gasteiger partial charge in [-0.05, 0) is 42.8 Å². The van der Waals surface area contributed by atoms with Crippen molar-refractivity contribution in [2.45, 2.75) is 26.3 Å². The SMILES string of the molecule is Cc1cccn2cc(COc3ccccc3C(=O)NCc3nnc4ccc(C(F)(F)F)cn34)nc12. The number of aryl methyl sites for hydroxylation is 1. The van der Waals surface area contributed by atoms with Crippen LogP contribution in [0.1, 0.15) is 33.0 Å². The maximum Gasteiger partial charge on any atom is 0.417 e. The van der Waals surface area contributed by atoms with Crippen LogP contribution in [0, 0.1) is 6.92 Å². The van der Waals surface area contributed by atoms with Gasteiger partial charge in [-0.3, -0.25) is 9.20 Å². The monoisotopic (exact) mass is 480 g/mol. The lowest BCUT2D eigenvalue weighted by atomic mass is 10.2. The number of carbonyl (C=O) groups is 1. The van der Waals surface area contributed by atoms with E-state index in [1.165, 1.54) is 10.5 Å². The molecular weight excluding hydrogens is 461 g/mol. The van der Waals surface area contributed by atoms with E-state index in [-0.39, 0.29) is 30.2 Å². The van der Waals surface area contributed by atoms with Crippen LogP contribution in [0.2, 0.25) is 0 Å². The number of halogens is 3. The van der Waals surface area contributed by atoms with Crippen molar-refractivity contribution in [2.24, 2.45) is 0 Å². The molecule has 0 aliphatic heterocycles. The number of benzene rings is 1. The Morgan fingerprint density at radius 2 is 1.89 bits per heavy atom. The van der Waals surface area contributed by atoms with Gasteiger partial charge in [0.1, 0.15) is 18.0 Å². The van der Waals surface area contributed by atoms with Crippen molar-refractivity contribution in [3.63, 3.8) is 0 Å². The number of hydrogen-bond acceptors (Lipinski definition) is 5. The summed E-state index contributed by atoms with van der Waals surface area (Å²) in [5.74, 6) is 0.0531. The Hall–Kier alpha value is -4.41. The first kappa shape index (κ1) is 22.4. The third-order valence-corrected chi connectivity index (χ3v) is 5.44. The minimum atomic E-state index is -4.51. The van der Waals surface area contributed by atoms with Gasteiger partial charge in [-0.15, -0.1) is 10.2 Å². The average Bonchev–Trinajstić information content (AvgIpc) is 3.45. The van der Waals surface area contributed by atoms with Crippen LogP contribution in [-0.2, 0) is 19.3 Å². The van der Waals surface area contributed by atoms with E-state index in [0.29, 0.717) is 11.4 Å². The van der Waals surface area contributed by atoms with Crippen molar-refractivity contribution in [2.75, 3.05) is 0 Å². The Morgan fingerprint density at radius 3 is 2.69 bits per heavy atom. The lowest BCUT2D eigenvalue weighted by molar-refractivity contribution is -0.137. The molecular formula is C24H19F3N6O2. The second-order valence-corrected chi connectivity index (χ2v) is 7.88. The second kappa shape index (κ2) is 8.75. The summed E-state index contributed by atoms with van der Waals surface area (Å²) in [6.07, 6.45) is 0.155. The van der Waals surface area contributed by atoms with Crippen LogP contribution in [0.5, 0.6) is 5.75 Å². The quantitative estimate of drug-likeness (QED) is 0.394. The van der Waals surface area contributed by atoms with Gasteiger partial charge in [0.05, 0.1) is 23.4 Å². The molecule has 0 bridgehead atoms. The van der Waals surface area contributed by atoms with Crippen molar-refractivity contribution in [3.05, 3.63) is 95.3 Å². The van der Waals surface area contributed by atoms with Crippen LogP contribution in [0.25, 0.3) is 11.3 Å². The number of nitrogens with zero attached hydrogens (tertiary/aromatic N) is 5. The second-order valence-electron chi connectivity index (χ2n) is 7.88. The summed E-state index contributed by atoms with van der Waals surface area (Å²) in [5.41, 5.74) is 2.24. The van der Waals surface area contributed by atoms with Gasteiger partial charge in [0, 0.05) is 18.6 Å². The van der Waals surface area contributed by atoms with Gasteiger partial charge in [-0.2, -0.15) is 13.2 Å². The summed E-state index contributed by atoms with van der Waals surface area (Å²) >= 11 is 0. The van der Waals surface area contributed by atoms with E-state index in [4.69, 9.17) is 4.74 Å². The van der Waals surface area contributed by atoms with Crippen LogP contribution in [0.15, 0.2) is 67.1 Å². The minimum Gasteiger partial charge on any atom is -0.486 e. The first-order chi connectivity index (χ1) is 16.8. The van der Waals surface area contributed by atoms with Crippen molar-refractivity contribution < 1.29 is 22.7 Å². The number of ether oxygens (including phenoxy) is 1. The zero-order chi connectivity index (χ0) is 24.6. The number of amides is 1. The zero-order valence-corrected chi connectivity index (χ0v) is 18.5. The topological polar surface area (TPSA) is 85.8 Å². The molecule has 0 saturated carbocycles. The lowest BCUT2D eigenvalue weighted by Crippen LogP contribution is -2.24. The highest BCUT2D eigenvalue weighted by molar-refractivity contribution is 5.96. The summed E-state index contributed by atoms with van der Waals surface area (Å²) < 4.78 is 48.2. The van der Waals surface area contributed by atoms with Gasteiger partial charge in [0.25, 0.3) is 5.91 Å². The molecule has 5 aromatic rings. The molecule has 0 saturated heterocycles. The fourth-order valence-corrected chi connectivity index (χ4v) is 3.69. The first-order valence-corrected chi connectivity index (χ1v) is 10.6. The molecule has 4 aromatic heterocycles. The largest absolute Gasteiger partial charge is 0.486 e. The van der Waals surface area contributed by atoms with Crippen LogP contribution < -0.4 is 10.1 Å². The standard InChI is InChI=1S/C24H19F3N6O2/c1-15-5-4-10-32-13-17(29-22(15)32)14-35-19-7-3-2-6-18(19)23(34)28-11-21-31-30-20-9-8-16(12-33(20)21)24(25,26)27/h2-10,12-13H,11,14H2,1H3,(H,28,34). The third-order valence-electron chi connectivity index (χ3n) is 5.44.